The van der Waals surface area contributed by atoms with Crippen molar-refractivity contribution < 1.29 is 14.3 Å². The molecule has 2 rings (SSSR count). The van der Waals surface area contributed by atoms with E-state index < -0.39 is 6.04 Å². The summed E-state index contributed by atoms with van der Waals surface area (Å²) in [5.74, 6) is 0.225. The van der Waals surface area contributed by atoms with E-state index in [1.165, 1.54) is 0 Å². The first-order valence-electron chi connectivity index (χ1n) is 9.71. The van der Waals surface area contributed by atoms with Crippen LogP contribution in [0.25, 0.3) is 0 Å². The molecule has 6 heteroatoms. The second-order valence-corrected chi connectivity index (χ2v) is 8.52. The summed E-state index contributed by atoms with van der Waals surface area (Å²) < 4.78 is 6.67. The van der Waals surface area contributed by atoms with E-state index in [1.807, 2.05) is 70.2 Å². The maximum atomic E-state index is 13.0. The minimum absolute atomic E-state index is 0.000657. The number of nitrogens with zero attached hydrogens (tertiary/aromatic N) is 1. The van der Waals surface area contributed by atoms with Crippen molar-refractivity contribution in [3.05, 3.63) is 63.6 Å². The summed E-state index contributed by atoms with van der Waals surface area (Å²) in [4.78, 5) is 27.1. The Balaban J connectivity index is 2.17. The molecule has 29 heavy (non-hydrogen) atoms. The number of nitrogens with one attached hydrogen (secondary N) is 1. The molecular formula is C23H29BrN2O3. The molecule has 0 bridgehead atoms. The Labute approximate surface area is 181 Å². The fraction of sp³-hybridized carbons (Fsp3) is 0.391. The van der Waals surface area contributed by atoms with Gasteiger partial charge < -0.3 is 15.0 Å². The SMILES string of the molecule is Cc1cc(C)cc(OCC(=O)N(Cc2cccc(Br)c2)C(C)C(=O)NC(C)C)c1. The summed E-state index contributed by atoms with van der Waals surface area (Å²) in [6.07, 6.45) is 0. The van der Waals surface area contributed by atoms with E-state index in [0.717, 1.165) is 21.2 Å². The molecule has 0 saturated heterocycles. The monoisotopic (exact) mass is 460 g/mol. The molecule has 0 aromatic heterocycles. The summed E-state index contributed by atoms with van der Waals surface area (Å²) in [7, 11) is 0. The Hall–Kier alpha value is -2.34. The van der Waals surface area contributed by atoms with Crippen molar-refractivity contribution in [3.63, 3.8) is 0 Å². The van der Waals surface area contributed by atoms with Gasteiger partial charge in [0.25, 0.3) is 5.91 Å². The zero-order valence-corrected chi connectivity index (χ0v) is 19.2. The molecule has 156 valence electrons. The largest absolute Gasteiger partial charge is 0.484 e. The van der Waals surface area contributed by atoms with Crippen molar-refractivity contribution >= 4 is 27.7 Å². The van der Waals surface area contributed by atoms with Crippen LogP contribution in [0.3, 0.4) is 0 Å². The van der Waals surface area contributed by atoms with Crippen molar-refractivity contribution in [1.29, 1.82) is 0 Å². The molecule has 1 atom stereocenters. The first-order chi connectivity index (χ1) is 13.7. The lowest BCUT2D eigenvalue weighted by molar-refractivity contribution is -0.142. The number of carbonyl (C=O) groups excluding carboxylic acids is 2. The molecule has 0 spiro atoms. The number of amides is 2. The Bertz CT molecular complexity index is 847. The molecule has 0 aliphatic carbocycles. The lowest BCUT2D eigenvalue weighted by Gasteiger charge is -2.29. The van der Waals surface area contributed by atoms with Gasteiger partial charge in [0, 0.05) is 17.1 Å². The molecule has 0 saturated carbocycles. The van der Waals surface area contributed by atoms with Crippen molar-refractivity contribution in [2.24, 2.45) is 0 Å². The molecule has 0 fully saturated rings. The number of hydrogen-bond donors (Lipinski definition) is 1. The molecule has 1 N–H and O–H groups in total. The van der Waals surface area contributed by atoms with E-state index in [2.05, 4.69) is 21.2 Å². The fourth-order valence-electron chi connectivity index (χ4n) is 3.06. The molecule has 0 radical (unpaired) electrons. The van der Waals surface area contributed by atoms with Crippen molar-refractivity contribution in [1.82, 2.24) is 10.2 Å². The Morgan fingerprint density at radius 1 is 1.07 bits per heavy atom. The highest BCUT2D eigenvalue weighted by Gasteiger charge is 2.27. The van der Waals surface area contributed by atoms with Gasteiger partial charge in [0.05, 0.1) is 0 Å². The summed E-state index contributed by atoms with van der Waals surface area (Å²) in [6, 6.07) is 12.9. The van der Waals surface area contributed by atoms with Crippen LogP contribution in [0, 0.1) is 13.8 Å². The molecule has 0 aliphatic rings. The number of hydrogen-bond acceptors (Lipinski definition) is 3. The topological polar surface area (TPSA) is 58.6 Å². The standard InChI is InChI=1S/C23H29BrN2O3/c1-15(2)25-23(28)18(5)26(13-19-7-6-8-20(24)12-19)22(27)14-29-21-10-16(3)9-17(4)11-21/h6-12,15,18H,13-14H2,1-5H3,(H,25,28). The van der Waals surface area contributed by atoms with Gasteiger partial charge in [-0.15, -0.1) is 0 Å². The molecule has 0 heterocycles. The minimum atomic E-state index is -0.619. The summed E-state index contributed by atoms with van der Waals surface area (Å²) in [6.45, 7) is 9.70. The number of carbonyl (C=O) groups is 2. The van der Waals surface area contributed by atoms with Gasteiger partial charge in [-0.3, -0.25) is 9.59 Å². The van der Waals surface area contributed by atoms with E-state index in [9.17, 15) is 9.59 Å². The molecule has 2 aromatic rings. The summed E-state index contributed by atoms with van der Waals surface area (Å²) in [5, 5.41) is 2.88. The summed E-state index contributed by atoms with van der Waals surface area (Å²) in [5.41, 5.74) is 3.08. The van der Waals surface area contributed by atoms with Crippen LogP contribution in [0.2, 0.25) is 0 Å². The maximum absolute atomic E-state index is 13.0. The number of halogens is 1. The third-order valence-electron chi connectivity index (χ3n) is 4.40. The Morgan fingerprint density at radius 2 is 1.72 bits per heavy atom. The van der Waals surface area contributed by atoms with Gasteiger partial charge in [-0.05, 0) is 75.6 Å². The molecule has 5 nitrogen and oxygen atoms in total. The number of benzene rings is 2. The zero-order chi connectivity index (χ0) is 21.6. The molecule has 1 unspecified atom stereocenters. The van der Waals surface area contributed by atoms with Crippen molar-refractivity contribution in [2.45, 2.75) is 53.2 Å². The maximum Gasteiger partial charge on any atom is 0.261 e. The van der Waals surface area contributed by atoms with Gasteiger partial charge in [0.1, 0.15) is 11.8 Å². The molecule has 0 aliphatic heterocycles. The molecule has 2 aromatic carbocycles. The predicted octanol–water partition coefficient (Wildman–Crippen LogP) is 4.39. The van der Waals surface area contributed by atoms with E-state index in [1.54, 1.807) is 11.8 Å². The number of aryl methyl sites for hydroxylation is 2. The lowest BCUT2D eigenvalue weighted by Crippen LogP contribution is -2.50. The highest BCUT2D eigenvalue weighted by Crippen LogP contribution is 2.18. The van der Waals surface area contributed by atoms with E-state index in [-0.39, 0.29) is 24.5 Å². The van der Waals surface area contributed by atoms with Gasteiger partial charge in [-0.25, -0.2) is 0 Å². The van der Waals surface area contributed by atoms with E-state index in [0.29, 0.717) is 12.3 Å². The molecule has 2 amide bonds. The predicted molar refractivity (Wildman–Crippen MR) is 119 cm³/mol. The Morgan fingerprint density at radius 3 is 2.31 bits per heavy atom. The average molecular weight is 461 g/mol. The van der Waals surface area contributed by atoms with Crippen LogP contribution in [-0.4, -0.2) is 35.4 Å². The van der Waals surface area contributed by atoms with Crippen molar-refractivity contribution in [2.75, 3.05) is 6.61 Å². The van der Waals surface area contributed by atoms with Gasteiger partial charge in [-0.2, -0.15) is 0 Å². The van der Waals surface area contributed by atoms with Crippen molar-refractivity contribution in [3.8, 4) is 5.75 Å². The first kappa shape index (κ1) is 22.9. The van der Waals surface area contributed by atoms with Gasteiger partial charge in [0.2, 0.25) is 5.91 Å². The van der Waals surface area contributed by atoms with Gasteiger partial charge in [-0.1, -0.05) is 34.1 Å². The fourth-order valence-corrected chi connectivity index (χ4v) is 3.51. The minimum Gasteiger partial charge on any atom is -0.484 e. The average Bonchev–Trinajstić information content (AvgIpc) is 2.62. The van der Waals surface area contributed by atoms with Gasteiger partial charge in [0.15, 0.2) is 6.61 Å². The smallest absolute Gasteiger partial charge is 0.261 e. The van der Waals surface area contributed by atoms with Gasteiger partial charge >= 0.3 is 0 Å². The van der Waals surface area contributed by atoms with E-state index >= 15 is 0 Å². The van der Waals surface area contributed by atoms with Crippen LogP contribution in [-0.2, 0) is 16.1 Å². The normalized spacial score (nSPS) is 11.8. The first-order valence-corrected chi connectivity index (χ1v) is 10.5. The van der Waals surface area contributed by atoms with Crippen LogP contribution in [0.5, 0.6) is 5.75 Å². The second-order valence-electron chi connectivity index (χ2n) is 7.60. The third-order valence-corrected chi connectivity index (χ3v) is 4.89. The van der Waals surface area contributed by atoms with Crippen LogP contribution >= 0.6 is 15.9 Å². The second kappa shape index (κ2) is 10.4. The van der Waals surface area contributed by atoms with Crippen LogP contribution in [0.15, 0.2) is 46.9 Å². The highest BCUT2D eigenvalue weighted by molar-refractivity contribution is 9.10. The summed E-state index contributed by atoms with van der Waals surface area (Å²) >= 11 is 3.46. The lowest BCUT2D eigenvalue weighted by atomic mass is 10.1. The highest BCUT2D eigenvalue weighted by atomic mass is 79.9. The Kier molecular flexibility index (Phi) is 8.26. The quantitative estimate of drug-likeness (QED) is 0.635. The zero-order valence-electron chi connectivity index (χ0n) is 17.7. The third kappa shape index (κ3) is 7.20. The van der Waals surface area contributed by atoms with Crippen LogP contribution in [0.1, 0.15) is 37.5 Å². The number of ether oxygens (including phenoxy) is 1. The van der Waals surface area contributed by atoms with E-state index in [4.69, 9.17) is 4.74 Å². The van der Waals surface area contributed by atoms with Crippen LogP contribution in [0.4, 0.5) is 0 Å². The molecular weight excluding hydrogens is 432 g/mol. The van der Waals surface area contributed by atoms with Crippen LogP contribution < -0.4 is 10.1 Å². The number of rotatable bonds is 8.